The van der Waals surface area contributed by atoms with Gasteiger partial charge in [-0.25, -0.2) is 0 Å². The van der Waals surface area contributed by atoms with Gasteiger partial charge in [0, 0.05) is 66.4 Å². The second-order valence-electron chi connectivity index (χ2n) is 15.7. The highest BCUT2D eigenvalue weighted by molar-refractivity contribution is 8.76. The van der Waals surface area contributed by atoms with E-state index in [-0.39, 0.29) is 61.2 Å². The molecule has 14 heteroatoms. The second-order valence-corrected chi connectivity index (χ2v) is 18.3. The Morgan fingerprint density at radius 1 is 1.02 bits per heavy atom. The molecule has 306 valence electrons. The molecule has 0 aromatic heterocycles. The molecule has 0 saturated heterocycles. The maximum Gasteiger partial charge on any atom is 0.201 e. The number of fused-ring (bicyclic) bond motifs is 5. The van der Waals surface area contributed by atoms with Crippen molar-refractivity contribution in [1.29, 1.82) is 0 Å². The minimum Gasteiger partial charge on any atom is -0.504 e. The van der Waals surface area contributed by atoms with Crippen LogP contribution < -0.4 is 30.6 Å². The number of nitrogens with one attached hydrogen (secondary N) is 2. The van der Waals surface area contributed by atoms with Crippen molar-refractivity contribution in [2.24, 2.45) is 28.5 Å². The Labute approximate surface area is 338 Å². The largest absolute Gasteiger partial charge is 0.504 e. The maximum absolute atomic E-state index is 13.1. The van der Waals surface area contributed by atoms with Gasteiger partial charge in [-0.2, -0.15) is 0 Å². The first kappa shape index (κ1) is 42.3. The van der Waals surface area contributed by atoms with E-state index in [0.717, 1.165) is 41.0 Å². The molecule has 2 bridgehead atoms. The standard InChI is InChI=1S/C42H58N4O8S2/c1-25(2)36-22-56-55-21-29(20-44-42(43)46-36)35-19-34-27-12-15-32(49)18-31(48)14-11-26-13-16-37(50)39(53-24-47)33(26)10-6-7-28(17-27)38(40(34)54-41(35)51)52-23-45-30-8-4-3-5-9-30/h13,16-17,25,29-30,32,35-36,41,45,47,49-51H,3-5,7-9,11-12,14-15,18-24H2,1-2H3,(H3,43,44,46). The van der Waals surface area contributed by atoms with Crippen LogP contribution in [0.15, 0.2) is 23.2 Å². The average Bonchev–Trinajstić information content (AvgIpc) is 3.18. The number of guanidine groups is 1. The minimum atomic E-state index is -1.14. The van der Waals surface area contributed by atoms with Crippen LogP contribution in [0.4, 0.5) is 0 Å². The Morgan fingerprint density at radius 2 is 1.82 bits per heavy atom. The first-order valence-electron chi connectivity index (χ1n) is 20.1. The third kappa shape index (κ3) is 11.0. The number of phenolic OH excluding ortho intramolecular Hbond substituents is 1. The number of nitrogens with two attached hydrogens (primary N) is 1. The number of hydrogen-bond donors (Lipinski definition) is 7. The van der Waals surface area contributed by atoms with E-state index in [9.17, 15) is 25.2 Å². The summed E-state index contributed by atoms with van der Waals surface area (Å²) in [6.07, 6.45) is 5.85. The van der Waals surface area contributed by atoms with Crippen LogP contribution in [0.1, 0.15) is 93.0 Å². The molecule has 56 heavy (non-hydrogen) atoms. The molecule has 4 aliphatic rings. The molecule has 8 N–H and O–H groups in total. The van der Waals surface area contributed by atoms with Crippen LogP contribution >= 0.6 is 21.6 Å². The van der Waals surface area contributed by atoms with Gasteiger partial charge >= 0.3 is 0 Å². The van der Waals surface area contributed by atoms with Crippen LogP contribution in [0.3, 0.4) is 0 Å². The molecule has 2 aliphatic carbocycles. The highest BCUT2D eigenvalue weighted by Gasteiger charge is 2.38. The number of carbonyl (C=O) groups is 1. The van der Waals surface area contributed by atoms with Crippen LogP contribution in [-0.4, -0.2) is 88.2 Å². The molecule has 1 fully saturated rings. The summed E-state index contributed by atoms with van der Waals surface area (Å²) in [4.78, 5) is 17.8. The van der Waals surface area contributed by atoms with E-state index in [4.69, 9.17) is 24.9 Å². The van der Waals surface area contributed by atoms with Crippen molar-refractivity contribution in [3.8, 4) is 34.8 Å². The van der Waals surface area contributed by atoms with Gasteiger partial charge in [0.2, 0.25) is 6.29 Å². The predicted molar refractivity (Wildman–Crippen MR) is 221 cm³/mol. The Hall–Kier alpha value is -3.32. The van der Waals surface area contributed by atoms with E-state index in [1.54, 1.807) is 27.7 Å². The summed E-state index contributed by atoms with van der Waals surface area (Å²) in [7, 11) is 3.58. The van der Waals surface area contributed by atoms with Gasteiger partial charge in [0.15, 0.2) is 35.8 Å². The molecule has 0 radical (unpaired) electrons. The molecule has 5 unspecified atom stereocenters. The highest BCUT2D eigenvalue weighted by Crippen LogP contribution is 2.46. The van der Waals surface area contributed by atoms with Gasteiger partial charge in [-0.15, -0.1) is 0 Å². The third-order valence-electron chi connectivity index (χ3n) is 11.4. The van der Waals surface area contributed by atoms with Crippen molar-refractivity contribution in [1.82, 2.24) is 10.6 Å². The molecule has 0 amide bonds. The fourth-order valence-electron chi connectivity index (χ4n) is 8.02. The number of benzene rings is 2. The zero-order valence-corrected chi connectivity index (χ0v) is 34.2. The predicted octanol–water partition coefficient (Wildman–Crippen LogP) is 4.58. The highest BCUT2D eigenvalue weighted by atomic mass is 33.1. The first-order valence-corrected chi connectivity index (χ1v) is 22.6. The lowest BCUT2D eigenvalue weighted by atomic mass is 9.81. The number of Topliss-reactive ketones (excluding diaryl/α,β-unsaturated/α-hetero) is 1. The summed E-state index contributed by atoms with van der Waals surface area (Å²) >= 11 is 0. The number of aliphatic imine (C=N–C) groups is 1. The minimum absolute atomic E-state index is 0.00209. The van der Waals surface area contributed by atoms with E-state index in [1.807, 2.05) is 0 Å². The van der Waals surface area contributed by atoms with Crippen molar-refractivity contribution in [2.75, 3.05) is 31.6 Å². The monoisotopic (exact) mass is 810 g/mol. The molecule has 2 aliphatic heterocycles. The molecule has 6 rings (SSSR count). The van der Waals surface area contributed by atoms with Crippen molar-refractivity contribution in [2.45, 2.75) is 115 Å². The fraction of sp³-hybridized carbons (Fsp3) is 0.619. The first-order chi connectivity index (χ1) is 27.1. The SMILES string of the molecule is CC(C)C1CSSCC(C2Cc3c4cc(c(OCNC5CCCCC5)c3OC2O)CC#Cc2c(ccc(O)c2OCO)CCC(=O)CC(O)CC4)CN=C(N)N1. The zero-order chi connectivity index (χ0) is 39.6. The van der Waals surface area contributed by atoms with Gasteiger partial charge in [-0.05, 0) is 67.6 Å². The Bertz CT molecular complexity index is 1760. The van der Waals surface area contributed by atoms with Gasteiger partial charge in [0.1, 0.15) is 12.5 Å². The lowest BCUT2D eigenvalue weighted by Gasteiger charge is -2.37. The van der Waals surface area contributed by atoms with Crippen molar-refractivity contribution >= 4 is 33.3 Å². The topological polar surface area (TPSA) is 188 Å². The van der Waals surface area contributed by atoms with E-state index >= 15 is 0 Å². The van der Waals surface area contributed by atoms with E-state index in [0.29, 0.717) is 72.8 Å². The van der Waals surface area contributed by atoms with Gasteiger partial charge < -0.3 is 45.7 Å². The number of aromatic hydroxyl groups is 1. The lowest BCUT2D eigenvalue weighted by Crippen LogP contribution is -2.45. The number of hydrogen-bond acceptors (Lipinski definition) is 14. The number of aliphatic hydroxyl groups is 3. The average molecular weight is 811 g/mol. The van der Waals surface area contributed by atoms with E-state index in [1.165, 1.54) is 25.3 Å². The summed E-state index contributed by atoms with van der Waals surface area (Å²) in [5.41, 5.74) is 10.0. The number of phenols is 1. The molecule has 2 aromatic rings. The molecule has 2 heterocycles. The number of aryl methyl sites for hydroxylation is 2. The molecule has 5 atom stereocenters. The van der Waals surface area contributed by atoms with Gasteiger partial charge in [-0.3, -0.25) is 15.1 Å². The Balaban J connectivity index is 1.39. The summed E-state index contributed by atoms with van der Waals surface area (Å²) in [5, 5.41) is 50.1. The fourth-order valence-corrected chi connectivity index (χ4v) is 10.9. The summed E-state index contributed by atoms with van der Waals surface area (Å²) in [5.74, 6) is 9.26. The van der Waals surface area contributed by atoms with Crippen LogP contribution in [0.2, 0.25) is 0 Å². The third-order valence-corrected chi connectivity index (χ3v) is 13.9. The number of rotatable bonds is 8. The number of nitrogens with zero attached hydrogens (tertiary/aromatic N) is 1. The molecule has 12 nitrogen and oxygen atoms in total. The maximum atomic E-state index is 13.1. The van der Waals surface area contributed by atoms with Crippen molar-refractivity contribution in [3.63, 3.8) is 0 Å². The van der Waals surface area contributed by atoms with Gasteiger partial charge in [-0.1, -0.05) is 78.7 Å². The van der Waals surface area contributed by atoms with E-state index < -0.39 is 19.2 Å². The smallest absolute Gasteiger partial charge is 0.201 e. The number of ketones is 1. The summed E-state index contributed by atoms with van der Waals surface area (Å²) in [6.45, 7) is 4.35. The second kappa shape index (κ2) is 20.4. The van der Waals surface area contributed by atoms with Crippen LogP contribution in [0.25, 0.3) is 0 Å². The molecule has 1 saturated carbocycles. The lowest BCUT2D eigenvalue weighted by molar-refractivity contribution is -0.121. The molecular weight excluding hydrogens is 753 g/mol. The van der Waals surface area contributed by atoms with Crippen molar-refractivity contribution < 1.29 is 39.4 Å². The number of aliphatic hydroxyl groups excluding tert-OH is 3. The Kier molecular flexibility index (Phi) is 15.4. The molecule has 2 aromatic carbocycles. The Morgan fingerprint density at radius 3 is 2.61 bits per heavy atom. The van der Waals surface area contributed by atoms with Crippen molar-refractivity contribution in [3.05, 3.63) is 46.0 Å². The molecular formula is C42H58N4O8S2. The summed E-state index contributed by atoms with van der Waals surface area (Å²) < 4.78 is 18.5. The van der Waals surface area contributed by atoms with Crippen LogP contribution in [0, 0.1) is 29.6 Å². The van der Waals surface area contributed by atoms with E-state index in [2.05, 4.69) is 42.4 Å². The van der Waals surface area contributed by atoms with Gasteiger partial charge in [0.05, 0.1) is 11.7 Å². The number of ether oxygens (including phenoxy) is 3. The molecule has 0 spiro atoms. The zero-order valence-electron chi connectivity index (χ0n) is 32.6. The van der Waals surface area contributed by atoms with Crippen LogP contribution in [-0.2, 0) is 30.5 Å². The quantitative estimate of drug-likeness (QED) is 0.112. The van der Waals surface area contributed by atoms with Crippen LogP contribution in [0.5, 0.6) is 23.0 Å². The van der Waals surface area contributed by atoms with Gasteiger partial charge in [0.25, 0.3) is 0 Å². The summed E-state index contributed by atoms with van der Waals surface area (Å²) in [6, 6.07) is 5.79. The number of carbonyl (C=O) groups excluding carboxylic acids is 1. The normalized spacial score (nSPS) is 25.4.